The molecule has 0 aliphatic heterocycles. The van der Waals surface area contributed by atoms with E-state index >= 15 is 0 Å². The Hall–Kier alpha value is -0.780. The molecule has 0 fully saturated rings. The molecule has 1 aromatic carbocycles. The minimum absolute atomic E-state index is 1.05. The first kappa shape index (κ1) is 27.3. The molecule has 1 radical (unpaired) electrons. The van der Waals surface area contributed by atoms with Crippen LogP contribution >= 0.6 is 0 Å². The lowest BCUT2D eigenvalue weighted by molar-refractivity contribution is 0.574. The van der Waals surface area contributed by atoms with Crippen molar-refractivity contribution in [2.45, 2.75) is 149 Å². The van der Waals surface area contributed by atoms with Crippen LogP contribution in [0.1, 0.15) is 146 Å². The number of hydrogen-bond acceptors (Lipinski definition) is 0. The van der Waals surface area contributed by atoms with Gasteiger partial charge in [-0.05, 0) is 55.2 Å². The largest absolute Gasteiger partial charge is 0.0654 e. The minimum Gasteiger partial charge on any atom is -0.0654 e. The van der Waals surface area contributed by atoms with Gasteiger partial charge in [-0.15, -0.1) is 0 Å². The normalized spacial score (nSPS) is 11.3. The van der Waals surface area contributed by atoms with Crippen molar-refractivity contribution < 1.29 is 0 Å². The van der Waals surface area contributed by atoms with Gasteiger partial charge in [-0.3, -0.25) is 0 Å². The molecule has 173 valence electrons. The van der Waals surface area contributed by atoms with Crippen molar-refractivity contribution in [3.8, 4) is 0 Å². The molecule has 0 heteroatoms. The summed E-state index contributed by atoms with van der Waals surface area (Å²) in [5, 5.41) is 0. The average molecular weight is 414 g/mol. The summed E-state index contributed by atoms with van der Waals surface area (Å²) >= 11 is 0. The summed E-state index contributed by atoms with van der Waals surface area (Å²) in [5.41, 5.74) is 4.75. The lowest BCUT2D eigenvalue weighted by Crippen LogP contribution is -1.96. The topological polar surface area (TPSA) is 0 Å². The van der Waals surface area contributed by atoms with Gasteiger partial charge >= 0.3 is 0 Å². The van der Waals surface area contributed by atoms with E-state index in [4.69, 9.17) is 0 Å². The van der Waals surface area contributed by atoms with Crippen molar-refractivity contribution in [3.05, 3.63) is 41.8 Å². The molecule has 0 saturated heterocycles. The van der Waals surface area contributed by atoms with Gasteiger partial charge in [0.05, 0.1) is 0 Å². The first-order valence-electron chi connectivity index (χ1n) is 13.7. The molecule has 0 nitrogen and oxygen atoms in total. The first-order valence-corrected chi connectivity index (χ1v) is 13.7. The molecule has 0 amide bonds. The SMILES string of the molecule is [CH2]CCCc1cc(CCCCCCCCCC)cc(CCCCCCCCCC)c1. The fraction of sp³-hybridized carbons (Fsp3) is 0.767. The van der Waals surface area contributed by atoms with Gasteiger partial charge in [0, 0.05) is 0 Å². The summed E-state index contributed by atoms with van der Waals surface area (Å²) in [7, 11) is 0. The molecule has 30 heavy (non-hydrogen) atoms. The van der Waals surface area contributed by atoms with Crippen LogP contribution in [-0.4, -0.2) is 0 Å². The highest BCUT2D eigenvalue weighted by Crippen LogP contribution is 2.19. The van der Waals surface area contributed by atoms with E-state index in [0.29, 0.717) is 0 Å². The van der Waals surface area contributed by atoms with Gasteiger partial charge in [-0.25, -0.2) is 0 Å². The maximum absolute atomic E-state index is 4.04. The van der Waals surface area contributed by atoms with Crippen LogP contribution in [0.2, 0.25) is 0 Å². The monoisotopic (exact) mass is 413 g/mol. The number of rotatable bonds is 21. The first-order chi connectivity index (χ1) is 14.8. The van der Waals surface area contributed by atoms with Crippen LogP contribution in [-0.2, 0) is 19.3 Å². The molecule has 0 unspecified atom stereocenters. The summed E-state index contributed by atoms with van der Waals surface area (Å²) in [6, 6.07) is 7.51. The maximum atomic E-state index is 4.04. The Morgan fingerprint density at radius 2 is 0.733 bits per heavy atom. The molecular formula is C30H53. The lowest BCUT2D eigenvalue weighted by Gasteiger charge is -2.11. The van der Waals surface area contributed by atoms with E-state index in [1.165, 1.54) is 128 Å². The molecule has 0 bridgehead atoms. The molecule has 0 saturated carbocycles. The number of unbranched alkanes of at least 4 members (excludes halogenated alkanes) is 15. The van der Waals surface area contributed by atoms with Gasteiger partial charge in [-0.1, -0.05) is 135 Å². The van der Waals surface area contributed by atoms with Gasteiger partial charge in [-0.2, -0.15) is 0 Å². The summed E-state index contributed by atoms with van der Waals surface area (Å²) < 4.78 is 0. The second kappa shape index (κ2) is 20.1. The predicted octanol–water partition coefficient (Wildman–Crippen LogP) is 10.2. The van der Waals surface area contributed by atoms with Crippen LogP contribution in [0, 0.1) is 6.92 Å². The fourth-order valence-corrected chi connectivity index (χ4v) is 4.53. The molecule has 0 aliphatic carbocycles. The van der Waals surface area contributed by atoms with Crippen LogP contribution in [0.3, 0.4) is 0 Å². The second-order valence-electron chi connectivity index (χ2n) is 9.56. The van der Waals surface area contributed by atoms with E-state index in [-0.39, 0.29) is 0 Å². The van der Waals surface area contributed by atoms with E-state index in [9.17, 15) is 0 Å². The highest BCUT2D eigenvalue weighted by Gasteiger charge is 2.03. The Kier molecular flexibility index (Phi) is 18.3. The minimum atomic E-state index is 1.05. The zero-order valence-corrected chi connectivity index (χ0v) is 20.8. The molecule has 0 atom stereocenters. The summed E-state index contributed by atoms with van der Waals surface area (Å²) in [6.07, 6.45) is 28.6. The van der Waals surface area contributed by atoms with Crippen LogP contribution in [0.15, 0.2) is 18.2 Å². The lowest BCUT2D eigenvalue weighted by atomic mass is 9.95. The molecule has 1 aromatic rings. The van der Waals surface area contributed by atoms with Crippen LogP contribution < -0.4 is 0 Å². The van der Waals surface area contributed by atoms with Crippen molar-refractivity contribution >= 4 is 0 Å². The van der Waals surface area contributed by atoms with Gasteiger partial charge in [0.2, 0.25) is 0 Å². The molecule has 0 aromatic heterocycles. The quantitative estimate of drug-likeness (QED) is 0.176. The highest BCUT2D eigenvalue weighted by molar-refractivity contribution is 5.30. The summed E-state index contributed by atoms with van der Waals surface area (Å²) in [6.45, 7) is 8.64. The molecule has 1 rings (SSSR count). The second-order valence-corrected chi connectivity index (χ2v) is 9.56. The highest BCUT2D eigenvalue weighted by atomic mass is 14.1. The Labute approximate surface area is 190 Å². The average Bonchev–Trinajstić information content (AvgIpc) is 2.76. The van der Waals surface area contributed by atoms with E-state index in [1.807, 2.05) is 0 Å². The molecule has 0 spiro atoms. The van der Waals surface area contributed by atoms with Crippen molar-refractivity contribution in [2.75, 3.05) is 0 Å². The van der Waals surface area contributed by atoms with Crippen molar-refractivity contribution in [2.24, 2.45) is 0 Å². The van der Waals surface area contributed by atoms with E-state index in [1.54, 1.807) is 16.7 Å². The van der Waals surface area contributed by atoms with E-state index in [0.717, 1.165) is 6.42 Å². The Morgan fingerprint density at radius 1 is 0.433 bits per heavy atom. The zero-order valence-electron chi connectivity index (χ0n) is 20.8. The smallest absolute Gasteiger partial charge is 0.0279 e. The summed E-state index contributed by atoms with van der Waals surface area (Å²) in [5.74, 6) is 0. The van der Waals surface area contributed by atoms with E-state index < -0.39 is 0 Å². The third kappa shape index (κ3) is 15.1. The third-order valence-electron chi connectivity index (χ3n) is 6.47. The van der Waals surface area contributed by atoms with E-state index in [2.05, 4.69) is 39.0 Å². The molecule has 0 aliphatic rings. The summed E-state index contributed by atoms with van der Waals surface area (Å²) in [4.78, 5) is 0. The van der Waals surface area contributed by atoms with Crippen LogP contribution in [0.4, 0.5) is 0 Å². The Bertz CT molecular complexity index is 449. The van der Waals surface area contributed by atoms with Crippen molar-refractivity contribution in [1.82, 2.24) is 0 Å². The predicted molar refractivity (Wildman–Crippen MR) is 137 cm³/mol. The fourth-order valence-electron chi connectivity index (χ4n) is 4.53. The number of hydrogen-bond donors (Lipinski definition) is 0. The standard InChI is InChI=1S/C30H53/c1-4-7-10-12-14-16-18-20-23-29-25-28(22-9-6-3)26-30(27-29)24-21-19-17-15-13-11-8-5-2/h25-27H,3-24H2,1-2H3. The molecule has 0 N–H and O–H groups in total. The number of benzene rings is 1. The maximum Gasteiger partial charge on any atom is -0.0279 e. The van der Waals surface area contributed by atoms with Crippen molar-refractivity contribution in [3.63, 3.8) is 0 Å². The third-order valence-corrected chi connectivity index (χ3v) is 6.47. The molecular weight excluding hydrogens is 360 g/mol. The van der Waals surface area contributed by atoms with Gasteiger partial charge in [0.1, 0.15) is 0 Å². The number of aryl methyl sites for hydroxylation is 3. The van der Waals surface area contributed by atoms with Crippen molar-refractivity contribution in [1.29, 1.82) is 0 Å². The molecule has 0 heterocycles. The van der Waals surface area contributed by atoms with Crippen LogP contribution in [0.25, 0.3) is 0 Å². The van der Waals surface area contributed by atoms with Crippen LogP contribution in [0.5, 0.6) is 0 Å². The van der Waals surface area contributed by atoms with Gasteiger partial charge in [0.15, 0.2) is 0 Å². The Morgan fingerprint density at radius 3 is 1.07 bits per heavy atom. The Balaban J connectivity index is 2.34. The van der Waals surface area contributed by atoms with Gasteiger partial charge < -0.3 is 0 Å². The van der Waals surface area contributed by atoms with Gasteiger partial charge in [0.25, 0.3) is 0 Å². The zero-order chi connectivity index (χ0) is 21.7.